The van der Waals surface area contributed by atoms with Gasteiger partial charge in [0.1, 0.15) is 0 Å². The molecule has 0 atom stereocenters. The fourth-order valence-corrected chi connectivity index (χ4v) is 1.92. The summed E-state index contributed by atoms with van der Waals surface area (Å²) in [5.41, 5.74) is 1.29. The third-order valence-electron chi connectivity index (χ3n) is 2.90. The van der Waals surface area contributed by atoms with Gasteiger partial charge in [-0.05, 0) is 36.4 Å². The number of amides is 1. The smallest absolute Gasteiger partial charge is 0.251 e. The Labute approximate surface area is 131 Å². The van der Waals surface area contributed by atoms with Crippen LogP contribution in [0.15, 0.2) is 53.2 Å². The summed E-state index contributed by atoms with van der Waals surface area (Å²) in [5.74, 6) is 0.478. The predicted octanol–water partition coefficient (Wildman–Crippen LogP) is 2.72. The van der Waals surface area contributed by atoms with E-state index < -0.39 is 0 Å². The number of carbonyl (C=O) groups excluding carboxylic acids is 1. The highest BCUT2D eigenvalue weighted by atomic mass is 35.5. The second-order valence-corrected chi connectivity index (χ2v) is 4.86. The molecule has 2 heterocycles. The molecule has 6 nitrogen and oxygen atoms in total. The van der Waals surface area contributed by atoms with Crippen molar-refractivity contribution < 1.29 is 9.21 Å². The van der Waals surface area contributed by atoms with Crippen LogP contribution < -0.4 is 5.32 Å². The van der Waals surface area contributed by atoms with Crippen LogP contribution in [-0.2, 0) is 6.54 Å². The lowest BCUT2D eigenvalue weighted by atomic mass is 10.2. The molecule has 0 saturated carbocycles. The summed E-state index contributed by atoms with van der Waals surface area (Å²) in [5, 5.41) is 11.2. The number of hydrogen-bond donors (Lipinski definition) is 1. The van der Waals surface area contributed by atoms with E-state index >= 15 is 0 Å². The minimum atomic E-state index is -0.228. The number of rotatable bonds is 4. The summed E-state index contributed by atoms with van der Waals surface area (Å²) in [6.07, 6.45) is 3.11. The molecular formula is C15H11ClN4O2. The molecule has 0 unspecified atom stereocenters. The lowest BCUT2D eigenvalue weighted by Crippen LogP contribution is -2.22. The molecule has 0 spiro atoms. The number of pyridine rings is 1. The van der Waals surface area contributed by atoms with Crippen molar-refractivity contribution in [1.82, 2.24) is 20.5 Å². The van der Waals surface area contributed by atoms with Gasteiger partial charge in [-0.2, -0.15) is 0 Å². The first-order valence-electron chi connectivity index (χ1n) is 6.49. The standard InChI is InChI=1S/C15H11ClN4O2/c16-12-3-1-11(2-4-12)15-20-19-13(22-15)9-18-14(21)10-5-7-17-8-6-10/h1-8H,9H2,(H,18,21). The average Bonchev–Trinajstić information content (AvgIpc) is 3.03. The third-order valence-corrected chi connectivity index (χ3v) is 3.15. The first-order valence-corrected chi connectivity index (χ1v) is 6.87. The fraction of sp³-hybridized carbons (Fsp3) is 0.0667. The molecule has 0 radical (unpaired) electrons. The van der Waals surface area contributed by atoms with Crippen LogP contribution in [0.3, 0.4) is 0 Å². The first-order chi connectivity index (χ1) is 10.7. The Bertz CT molecular complexity index is 772. The first kappa shape index (κ1) is 14.2. The number of hydrogen-bond acceptors (Lipinski definition) is 5. The predicted molar refractivity (Wildman–Crippen MR) is 80.2 cm³/mol. The summed E-state index contributed by atoms with van der Waals surface area (Å²) < 4.78 is 5.50. The monoisotopic (exact) mass is 314 g/mol. The molecule has 22 heavy (non-hydrogen) atoms. The van der Waals surface area contributed by atoms with E-state index in [1.165, 1.54) is 0 Å². The van der Waals surface area contributed by atoms with E-state index in [0.717, 1.165) is 5.56 Å². The minimum Gasteiger partial charge on any atom is -0.419 e. The van der Waals surface area contributed by atoms with Crippen LogP contribution in [0.4, 0.5) is 0 Å². The Morgan fingerprint density at radius 3 is 2.55 bits per heavy atom. The zero-order valence-corrected chi connectivity index (χ0v) is 12.1. The Balaban J connectivity index is 1.65. The van der Waals surface area contributed by atoms with E-state index in [1.807, 2.05) is 0 Å². The zero-order valence-electron chi connectivity index (χ0n) is 11.4. The average molecular weight is 315 g/mol. The highest BCUT2D eigenvalue weighted by Gasteiger charge is 2.10. The molecule has 110 valence electrons. The van der Waals surface area contributed by atoms with Crippen molar-refractivity contribution in [1.29, 1.82) is 0 Å². The van der Waals surface area contributed by atoms with Crippen molar-refractivity contribution in [2.75, 3.05) is 0 Å². The number of nitrogens with one attached hydrogen (secondary N) is 1. The molecule has 0 aliphatic heterocycles. The summed E-state index contributed by atoms with van der Waals surface area (Å²) in [4.78, 5) is 15.7. The minimum absolute atomic E-state index is 0.155. The molecule has 1 aromatic carbocycles. The molecule has 0 aliphatic rings. The van der Waals surface area contributed by atoms with Crippen LogP contribution in [0.25, 0.3) is 11.5 Å². The normalized spacial score (nSPS) is 10.4. The van der Waals surface area contributed by atoms with Crippen LogP contribution in [-0.4, -0.2) is 21.1 Å². The maximum atomic E-state index is 11.9. The maximum absolute atomic E-state index is 11.9. The summed E-state index contributed by atoms with van der Waals surface area (Å²) in [6, 6.07) is 10.3. The van der Waals surface area contributed by atoms with E-state index in [4.69, 9.17) is 16.0 Å². The van der Waals surface area contributed by atoms with Crippen molar-refractivity contribution in [3.63, 3.8) is 0 Å². The largest absolute Gasteiger partial charge is 0.419 e. The highest BCUT2D eigenvalue weighted by Crippen LogP contribution is 2.20. The van der Waals surface area contributed by atoms with Crippen LogP contribution in [0.2, 0.25) is 5.02 Å². The van der Waals surface area contributed by atoms with Crippen LogP contribution >= 0.6 is 11.6 Å². The van der Waals surface area contributed by atoms with Gasteiger partial charge in [0.15, 0.2) is 0 Å². The molecule has 1 amide bonds. The summed E-state index contributed by atoms with van der Waals surface area (Å²) >= 11 is 5.83. The lowest BCUT2D eigenvalue weighted by molar-refractivity contribution is 0.0947. The SMILES string of the molecule is O=C(NCc1nnc(-c2ccc(Cl)cc2)o1)c1ccncc1. The van der Waals surface area contributed by atoms with Gasteiger partial charge in [0.25, 0.3) is 5.91 Å². The molecule has 1 N–H and O–H groups in total. The van der Waals surface area contributed by atoms with E-state index in [2.05, 4.69) is 20.5 Å². The second kappa shape index (κ2) is 6.36. The van der Waals surface area contributed by atoms with Gasteiger partial charge in [0.2, 0.25) is 11.8 Å². The lowest BCUT2D eigenvalue weighted by Gasteiger charge is -2.01. The van der Waals surface area contributed by atoms with Crippen molar-refractivity contribution in [3.8, 4) is 11.5 Å². The van der Waals surface area contributed by atoms with Crippen molar-refractivity contribution in [3.05, 3.63) is 65.3 Å². The Morgan fingerprint density at radius 2 is 1.82 bits per heavy atom. The van der Waals surface area contributed by atoms with E-state index in [1.54, 1.807) is 48.8 Å². The van der Waals surface area contributed by atoms with E-state index in [-0.39, 0.29) is 12.5 Å². The van der Waals surface area contributed by atoms with E-state index in [0.29, 0.717) is 22.4 Å². The van der Waals surface area contributed by atoms with Crippen molar-refractivity contribution in [2.45, 2.75) is 6.54 Å². The molecule has 0 saturated heterocycles. The number of nitrogens with zero attached hydrogens (tertiary/aromatic N) is 3. The van der Waals surface area contributed by atoms with Crippen LogP contribution in [0.5, 0.6) is 0 Å². The number of carbonyl (C=O) groups is 1. The maximum Gasteiger partial charge on any atom is 0.251 e. The van der Waals surface area contributed by atoms with Gasteiger partial charge in [0, 0.05) is 28.5 Å². The molecule has 3 rings (SSSR count). The topological polar surface area (TPSA) is 80.9 Å². The third kappa shape index (κ3) is 3.29. The van der Waals surface area contributed by atoms with Gasteiger partial charge < -0.3 is 9.73 Å². The summed E-state index contributed by atoms with van der Waals surface area (Å²) in [7, 11) is 0. The second-order valence-electron chi connectivity index (χ2n) is 4.43. The van der Waals surface area contributed by atoms with Gasteiger partial charge in [-0.15, -0.1) is 10.2 Å². The van der Waals surface area contributed by atoms with E-state index in [9.17, 15) is 4.79 Å². The zero-order chi connectivity index (χ0) is 15.4. The number of benzene rings is 1. The Hall–Kier alpha value is -2.73. The van der Waals surface area contributed by atoms with Gasteiger partial charge in [-0.25, -0.2) is 0 Å². The highest BCUT2D eigenvalue weighted by molar-refractivity contribution is 6.30. The molecule has 7 heteroatoms. The Morgan fingerprint density at radius 1 is 1.09 bits per heavy atom. The van der Waals surface area contributed by atoms with Crippen LogP contribution in [0.1, 0.15) is 16.2 Å². The number of aromatic nitrogens is 3. The Kier molecular flexibility index (Phi) is 4.11. The molecular weight excluding hydrogens is 304 g/mol. The van der Waals surface area contributed by atoms with Gasteiger partial charge in [-0.3, -0.25) is 9.78 Å². The summed E-state index contributed by atoms with van der Waals surface area (Å²) in [6.45, 7) is 0.155. The number of halogens is 1. The molecule has 0 fully saturated rings. The van der Waals surface area contributed by atoms with Gasteiger partial charge >= 0.3 is 0 Å². The molecule has 0 bridgehead atoms. The van der Waals surface area contributed by atoms with Crippen LogP contribution in [0, 0.1) is 0 Å². The molecule has 3 aromatic rings. The van der Waals surface area contributed by atoms with Gasteiger partial charge in [0.05, 0.1) is 6.54 Å². The molecule has 0 aliphatic carbocycles. The van der Waals surface area contributed by atoms with Crippen molar-refractivity contribution >= 4 is 17.5 Å². The van der Waals surface area contributed by atoms with Crippen molar-refractivity contribution in [2.24, 2.45) is 0 Å². The van der Waals surface area contributed by atoms with Gasteiger partial charge in [-0.1, -0.05) is 11.6 Å². The quantitative estimate of drug-likeness (QED) is 0.800. The molecule has 2 aromatic heterocycles. The fourth-order valence-electron chi connectivity index (χ4n) is 1.80.